The Hall–Kier alpha value is -4.88. The molecular weight excluding hydrogens is 676 g/mol. The molecule has 1 amide bonds. The van der Waals surface area contributed by atoms with Crippen molar-refractivity contribution in [2.24, 2.45) is 0 Å². The van der Waals surface area contributed by atoms with Gasteiger partial charge in [-0.2, -0.15) is 0 Å². The van der Waals surface area contributed by atoms with E-state index < -0.39 is 23.0 Å². The molecule has 2 heterocycles. The molecule has 0 unspecified atom stereocenters. The van der Waals surface area contributed by atoms with Crippen LogP contribution in [-0.2, 0) is 0 Å². The quantitative estimate of drug-likeness (QED) is 0.0583. The van der Waals surface area contributed by atoms with E-state index in [9.17, 15) is 18.4 Å². The number of hydrogen-bond donors (Lipinski definition) is 0. The Morgan fingerprint density at radius 1 is 0.868 bits per heavy atom. The first-order valence-electron chi connectivity index (χ1n) is 18.8. The average molecular weight is 729 g/mol. The number of carbonyl (C=O) groups is 1. The number of likely N-dealkylation sites (tertiary alicyclic amines) is 1. The zero-order chi connectivity index (χ0) is 37.8. The van der Waals surface area contributed by atoms with Crippen molar-refractivity contribution >= 4 is 22.5 Å². The minimum atomic E-state index is -0.882. The summed E-state index contributed by atoms with van der Waals surface area (Å²) < 4.78 is 49.1. The number of ether oxygens (including phenoxy) is 3. The molecule has 0 saturated carbocycles. The van der Waals surface area contributed by atoms with Gasteiger partial charge >= 0.3 is 0 Å². The van der Waals surface area contributed by atoms with Gasteiger partial charge in [-0.3, -0.25) is 14.5 Å². The molecule has 0 spiro atoms. The third kappa shape index (κ3) is 10.4. The van der Waals surface area contributed by atoms with Crippen LogP contribution in [0, 0.1) is 24.0 Å². The molecule has 0 aliphatic carbocycles. The highest BCUT2D eigenvalue weighted by Gasteiger charge is 2.25. The summed E-state index contributed by atoms with van der Waals surface area (Å²) in [5.41, 5.74) is 0.141. The van der Waals surface area contributed by atoms with Crippen molar-refractivity contribution in [2.75, 3.05) is 58.5 Å². The van der Waals surface area contributed by atoms with Crippen LogP contribution in [0.1, 0.15) is 81.5 Å². The lowest BCUT2D eigenvalue weighted by Gasteiger charge is -2.37. The largest absolute Gasteiger partial charge is 0.497 e. The summed E-state index contributed by atoms with van der Waals surface area (Å²) in [6.07, 6.45) is 18.8. The molecule has 282 valence electrons. The number of fused-ring (bicyclic) bond motifs is 1. The van der Waals surface area contributed by atoms with Crippen molar-refractivity contribution < 1.29 is 32.3 Å². The van der Waals surface area contributed by atoms with Crippen molar-refractivity contribution in [3.05, 3.63) is 88.2 Å². The van der Waals surface area contributed by atoms with Crippen LogP contribution in [0.15, 0.2) is 65.6 Å². The fourth-order valence-corrected chi connectivity index (χ4v) is 7.08. The molecule has 1 aliphatic rings. The van der Waals surface area contributed by atoms with Gasteiger partial charge in [-0.15, -0.1) is 6.42 Å². The number of benzene rings is 3. The van der Waals surface area contributed by atoms with Gasteiger partial charge in [0.1, 0.15) is 34.4 Å². The second-order valence-electron chi connectivity index (χ2n) is 14.2. The number of piperidine rings is 1. The number of unbranched alkanes of at least 4 members (excludes halogenated alkanes) is 5. The lowest BCUT2D eigenvalue weighted by Crippen LogP contribution is -2.48. The molecule has 1 saturated heterocycles. The number of terminal acetylenes is 1. The molecule has 0 bridgehead atoms. The number of amides is 1. The fraction of sp³-hybridized carbons (Fsp3) is 0.442. The first-order valence-corrected chi connectivity index (χ1v) is 18.8. The molecular formula is C43H52F2N3O5+. The zero-order valence-electron chi connectivity index (χ0n) is 31.3. The van der Waals surface area contributed by atoms with Gasteiger partial charge in [0.25, 0.3) is 5.91 Å². The molecule has 8 nitrogen and oxygen atoms in total. The average Bonchev–Trinajstić information content (AvgIpc) is 3.15. The molecule has 4 aromatic rings. The van der Waals surface area contributed by atoms with Gasteiger partial charge in [0.15, 0.2) is 0 Å². The van der Waals surface area contributed by atoms with Crippen LogP contribution in [0.4, 0.5) is 14.5 Å². The molecule has 1 aliphatic heterocycles. The monoisotopic (exact) mass is 728 g/mol. The van der Waals surface area contributed by atoms with E-state index in [1.165, 1.54) is 75.3 Å². The minimum Gasteiger partial charge on any atom is -0.497 e. The second kappa shape index (κ2) is 18.7. The summed E-state index contributed by atoms with van der Waals surface area (Å²) in [4.78, 5) is 29.1. The van der Waals surface area contributed by atoms with Crippen LogP contribution in [0.25, 0.3) is 16.6 Å². The molecule has 1 fully saturated rings. The van der Waals surface area contributed by atoms with Gasteiger partial charge in [-0.05, 0) is 69.2 Å². The molecule has 0 N–H and O–H groups in total. The van der Waals surface area contributed by atoms with Crippen molar-refractivity contribution in [2.45, 2.75) is 71.1 Å². The van der Waals surface area contributed by atoms with E-state index in [0.29, 0.717) is 47.7 Å². The molecule has 1 aromatic heterocycles. The van der Waals surface area contributed by atoms with Crippen LogP contribution in [0.3, 0.4) is 0 Å². The SMILES string of the molecule is C#CCN(C(=O)c1cn(-c2cc(OC)cc(OCCC)c2)c2cc(OCCCCCCCC[N+]3(C)CCCCC3)ccc2c1=O)c1cc(F)cc(F)c1. The van der Waals surface area contributed by atoms with Gasteiger partial charge < -0.3 is 23.3 Å². The number of pyridine rings is 1. The van der Waals surface area contributed by atoms with E-state index in [1.807, 2.05) is 6.92 Å². The van der Waals surface area contributed by atoms with Crippen molar-refractivity contribution in [3.63, 3.8) is 0 Å². The maximum absolute atomic E-state index is 14.2. The maximum atomic E-state index is 14.2. The van der Waals surface area contributed by atoms with Crippen molar-refractivity contribution in [3.8, 4) is 35.3 Å². The Balaban J connectivity index is 1.39. The normalized spacial score (nSPS) is 13.7. The summed E-state index contributed by atoms with van der Waals surface area (Å²) in [6.45, 7) is 6.60. The summed E-state index contributed by atoms with van der Waals surface area (Å²) in [6, 6.07) is 13.1. The minimum absolute atomic E-state index is 0.107. The van der Waals surface area contributed by atoms with Crippen molar-refractivity contribution in [1.29, 1.82) is 0 Å². The number of nitrogens with zero attached hydrogens (tertiary/aromatic N) is 3. The number of hydrogen-bond acceptors (Lipinski definition) is 5. The van der Waals surface area contributed by atoms with Crippen LogP contribution >= 0.6 is 0 Å². The van der Waals surface area contributed by atoms with E-state index in [2.05, 4.69) is 13.0 Å². The molecule has 10 heteroatoms. The smallest absolute Gasteiger partial charge is 0.264 e. The Bertz CT molecular complexity index is 1940. The number of quaternary nitrogens is 1. The lowest BCUT2D eigenvalue weighted by atomic mass is 10.1. The fourth-order valence-electron chi connectivity index (χ4n) is 7.08. The number of aromatic nitrogens is 1. The summed E-state index contributed by atoms with van der Waals surface area (Å²) >= 11 is 0. The molecule has 53 heavy (non-hydrogen) atoms. The highest BCUT2D eigenvalue weighted by atomic mass is 19.1. The van der Waals surface area contributed by atoms with E-state index >= 15 is 0 Å². The van der Waals surface area contributed by atoms with Gasteiger partial charge in [0, 0.05) is 41.9 Å². The van der Waals surface area contributed by atoms with Gasteiger partial charge in [-0.1, -0.05) is 32.1 Å². The molecule has 3 aromatic carbocycles. The molecule has 0 radical (unpaired) electrons. The standard InChI is InChI=1S/C43H52F2N3O5/c1-5-18-46(34-25-32(44)24-33(45)26-34)43(50)40-31-47(35-27-37(51-4)29-38(28-35)52-22-6-2)41-30-36(16-17-39(41)42(40)49)53-23-15-10-8-7-9-12-19-48(3)20-13-11-14-21-48/h1,16-17,24-31H,6-15,18-23H2,2-4H3/q+1. The van der Waals surface area contributed by atoms with E-state index in [-0.39, 0.29) is 23.2 Å². The predicted octanol–water partition coefficient (Wildman–Crippen LogP) is 8.70. The van der Waals surface area contributed by atoms with Gasteiger partial charge in [0.05, 0.1) is 70.4 Å². The predicted molar refractivity (Wildman–Crippen MR) is 207 cm³/mol. The van der Waals surface area contributed by atoms with Gasteiger partial charge in [0.2, 0.25) is 5.43 Å². The summed E-state index contributed by atoms with van der Waals surface area (Å²) in [5.74, 6) is 1.43. The highest BCUT2D eigenvalue weighted by molar-refractivity contribution is 6.08. The topological polar surface area (TPSA) is 70.0 Å². The third-order valence-electron chi connectivity index (χ3n) is 9.97. The summed E-state index contributed by atoms with van der Waals surface area (Å²) in [7, 11) is 3.95. The number of halogens is 2. The number of methoxy groups -OCH3 is 1. The number of carbonyl (C=O) groups excluding carboxylic acids is 1. The Morgan fingerprint density at radius 2 is 1.55 bits per heavy atom. The van der Waals surface area contributed by atoms with Crippen LogP contribution in [0.5, 0.6) is 17.2 Å². The zero-order valence-corrected chi connectivity index (χ0v) is 31.3. The number of anilines is 1. The third-order valence-corrected chi connectivity index (χ3v) is 9.97. The van der Waals surface area contributed by atoms with Crippen LogP contribution < -0.4 is 24.5 Å². The molecule has 5 rings (SSSR count). The Morgan fingerprint density at radius 3 is 2.25 bits per heavy atom. The Labute approximate surface area is 311 Å². The first kappa shape index (κ1) is 39.3. The van der Waals surface area contributed by atoms with Gasteiger partial charge in [-0.25, -0.2) is 8.78 Å². The van der Waals surface area contributed by atoms with Crippen LogP contribution in [-0.4, -0.2) is 68.5 Å². The second-order valence-corrected chi connectivity index (χ2v) is 14.2. The summed E-state index contributed by atoms with van der Waals surface area (Å²) in [5, 5.41) is 0.244. The highest BCUT2D eigenvalue weighted by Crippen LogP contribution is 2.30. The van der Waals surface area contributed by atoms with Crippen LogP contribution in [0.2, 0.25) is 0 Å². The lowest BCUT2D eigenvalue weighted by molar-refractivity contribution is -0.914. The van der Waals surface area contributed by atoms with Crippen molar-refractivity contribution in [1.82, 2.24) is 4.57 Å². The maximum Gasteiger partial charge on any atom is 0.264 e. The molecule has 0 atom stereocenters. The van der Waals surface area contributed by atoms with E-state index in [0.717, 1.165) is 36.3 Å². The van der Waals surface area contributed by atoms with E-state index in [4.69, 9.17) is 20.6 Å². The van der Waals surface area contributed by atoms with E-state index in [1.54, 1.807) is 48.1 Å². The number of rotatable bonds is 18. The Kier molecular flexibility index (Phi) is 13.9. The first-order chi connectivity index (χ1) is 25.6.